The van der Waals surface area contributed by atoms with E-state index in [-0.39, 0.29) is 6.04 Å². The van der Waals surface area contributed by atoms with Crippen LogP contribution >= 0.6 is 0 Å². The van der Waals surface area contributed by atoms with Crippen LogP contribution in [0.25, 0.3) is 0 Å². The first kappa shape index (κ1) is 15.5. The molecule has 0 saturated heterocycles. The van der Waals surface area contributed by atoms with Gasteiger partial charge in [-0.25, -0.2) is 0 Å². The first-order valence-electron chi connectivity index (χ1n) is 7.63. The van der Waals surface area contributed by atoms with Crippen LogP contribution in [0.5, 0.6) is 5.75 Å². The molecule has 2 rings (SSSR count). The van der Waals surface area contributed by atoms with Crippen LogP contribution in [0.1, 0.15) is 43.1 Å². The van der Waals surface area contributed by atoms with Crippen molar-refractivity contribution in [3.63, 3.8) is 0 Å². The first-order valence-corrected chi connectivity index (χ1v) is 7.63. The zero-order valence-corrected chi connectivity index (χ0v) is 13.1. The number of ether oxygens (including phenoxy) is 1. The summed E-state index contributed by atoms with van der Waals surface area (Å²) in [4.78, 5) is 4.28. The fourth-order valence-corrected chi connectivity index (χ4v) is 2.36. The van der Waals surface area contributed by atoms with E-state index in [1.165, 1.54) is 11.1 Å². The van der Waals surface area contributed by atoms with Crippen LogP contribution in [-0.4, -0.2) is 18.1 Å². The van der Waals surface area contributed by atoms with Gasteiger partial charge >= 0.3 is 0 Å². The van der Waals surface area contributed by atoms with Crippen LogP contribution < -0.4 is 10.1 Å². The second-order valence-corrected chi connectivity index (χ2v) is 5.14. The fourth-order valence-electron chi connectivity index (χ4n) is 2.36. The Hall–Kier alpha value is -1.87. The number of aryl methyl sites for hydroxylation is 1. The maximum absolute atomic E-state index is 5.64. The van der Waals surface area contributed by atoms with E-state index in [0.717, 1.165) is 31.0 Å². The average molecular weight is 284 g/mol. The largest absolute Gasteiger partial charge is 0.494 e. The molecule has 0 bridgehead atoms. The van der Waals surface area contributed by atoms with Crippen LogP contribution in [0.4, 0.5) is 0 Å². The minimum Gasteiger partial charge on any atom is -0.494 e. The fraction of sp³-hybridized carbons (Fsp3) is 0.389. The van der Waals surface area contributed by atoms with Crippen LogP contribution in [0.15, 0.2) is 42.6 Å². The minimum absolute atomic E-state index is 0.192. The summed E-state index contributed by atoms with van der Waals surface area (Å²) in [6, 6.07) is 12.8. The maximum Gasteiger partial charge on any atom is 0.119 e. The summed E-state index contributed by atoms with van der Waals surface area (Å²) in [5.41, 5.74) is 3.52. The van der Waals surface area contributed by atoms with Crippen molar-refractivity contribution in [3.05, 3.63) is 59.4 Å². The van der Waals surface area contributed by atoms with Gasteiger partial charge in [0.25, 0.3) is 0 Å². The molecule has 0 aliphatic carbocycles. The van der Waals surface area contributed by atoms with Crippen LogP contribution in [-0.2, 0) is 0 Å². The van der Waals surface area contributed by atoms with Gasteiger partial charge in [0, 0.05) is 11.9 Å². The number of pyridine rings is 1. The Labute approximate surface area is 127 Å². The molecule has 3 nitrogen and oxygen atoms in total. The molecule has 0 saturated carbocycles. The molecule has 1 unspecified atom stereocenters. The van der Waals surface area contributed by atoms with Gasteiger partial charge in [0.1, 0.15) is 5.75 Å². The Balaban J connectivity index is 2.21. The van der Waals surface area contributed by atoms with Gasteiger partial charge in [-0.15, -0.1) is 0 Å². The molecule has 0 amide bonds. The van der Waals surface area contributed by atoms with E-state index in [2.05, 4.69) is 48.4 Å². The third kappa shape index (κ3) is 4.30. The highest BCUT2D eigenvalue weighted by atomic mass is 16.5. The first-order chi connectivity index (χ1) is 10.2. The quantitative estimate of drug-likeness (QED) is 0.838. The van der Waals surface area contributed by atoms with Crippen LogP contribution in [0.2, 0.25) is 0 Å². The van der Waals surface area contributed by atoms with E-state index in [1.54, 1.807) is 0 Å². The highest BCUT2D eigenvalue weighted by molar-refractivity contribution is 5.35. The second kappa shape index (κ2) is 7.79. The van der Waals surface area contributed by atoms with Crippen molar-refractivity contribution in [2.45, 2.75) is 33.2 Å². The number of aromatic nitrogens is 1. The minimum atomic E-state index is 0.192. The lowest BCUT2D eigenvalue weighted by Crippen LogP contribution is -2.22. The molecule has 1 N–H and O–H groups in total. The number of hydrogen-bond donors (Lipinski definition) is 1. The van der Waals surface area contributed by atoms with Crippen molar-refractivity contribution >= 4 is 0 Å². The van der Waals surface area contributed by atoms with E-state index >= 15 is 0 Å². The molecule has 2 aromatic rings. The molecule has 3 heteroatoms. The summed E-state index contributed by atoms with van der Waals surface area (Å²) in [7, 11) is 0. The van der Waals surface area contributed by atoms with Crippen LogP contribution in [0, 0.1) is 6.92 Å². The van der Waals surface area contributed by atoms with Crippen molar-refractivity contribution in [1.29, 1.82) is 0 Å². The third-order valence-electron chi connectivity index (χ3n) is 3.35. The zero-order chi connectivity index (χ0) is 15.1. The maximum atomic E-state index is 5.64. The van der Waals surface area contributed by atoms with E-state index in [1.807, 2.05) is 25.3 Å². The molecular formula is C18H24N2O. The SMILES string of the molecule is CCCOc1ccc(C(NCC)c2ccnc(C)c2)cc1. The second-order valence-electron chi connectivity index (χ2n) is 5.14. The van der Waals surface area contributed by atoms with Crippen LogP contribution in [0.3, 0.4) is 0 Å². The van der Waals surface area contributed by atoms with Crippen molar-refractivity contribution in [2.24, 2.45) is 0 Å². The molecule has 1 aromatic carbocycles. The van der Waals surface area contributed by atoms with Gasteiger partial charge in [-0.3, -0.25) is 4.98 Å². The van der Waals surface area contributed by atoms with Crippen molar-refractivity contribution in [2.75, 3.05) is 13.2 Å². The zero-order valence-electron chi connectivity index (χ0n) is 13.1. The molecule has 1 atom stereocenters. The molecule has 0 aliphatic heterocycles. The third-order valence-corrected chi connectivity index (χ3v) is 3.35. The van der Waals surface area contributed by atoms with E-state index in [0.29, 0.717) is 0 Å². The summed E-state index contributed by atoms with van der Waals surface area (Å²) >= 11 is 0. The highest BCUT2D eigenvalue weighted by Gasteiger charge is 2.13. The summed E-state index contributed by atoms with van der Waals surface area (Å²) < 4.78 is 5.64. The Kier molecular flexibility index (Phi) is 5.76. The van der Waals surface area contributed by atoms with Crippen molar-refractivity contribution < 1.29 is 4.74 Å². The Bertz CT molecular complexity index is 551. The molecule has 112 valence electrons. The van der Waals surface area contributed by atoms with Gasteiger partial charge in [-0.1, -0.05) is 26.0 Å². The standard InChI is InChI=1S/C18H24N2O/c1-4-12-21-17-8-6-15(7-9-17)18(19-5-2)16-10-11-20-14(3)13-16/h6-11,13,18-19H,4-5,12H2,1-3H3. The Morgan fingerprint density at radius 2 is 1.86 bits per heavy atom. The summed E-state index contributed by atoms with van der Waals surface area (Å²) in [6.45, 7) is 7.94. The van der Waals surface area contributed by atoms with Gasteiger partial charge in [0.05, 0.1) is 12.6 Å². The molecule has 1 heterocycles. The van der Waals surface area contributed by atoms with Gasteiger partial charge < -0.3 is 10.1 Å². The molecule has 0 spiro atoms. The number of nitrogens with zero attached hydrogens (tertiary/aromatic N) is 1. The van der Waals surface area contributed by atoms with Crippen molar-refractivity contribution in [1.82, 2.24) is 10.3 Å². The lowest BCUT2D eigenvalue weighted by atomic mass is 9.99. The molecule has 0 radical (unpaired) electrons. The van der Waals surface area contributed by atoms with Crippen molar-refractivity contribution in [3.8, 4) is 5.75 Å². The molecule has 1 aromatic heterocycles. The van der Waals surface area contributed by atoms with Gasteiger partial charge in [0.2, 0.25) is 0 Å². The predicted molar refractivity (Wildman–Crippen MR) is 86.7 cm³/mol. The van der Waals surface area contributed by atoms with E-state index in [9.17, 15) is 0 Å². The van der Waals surface area contributed by atoms with E-state index in [4.69, 9.17) is 4.74 Å². The summed E-state index contributed by atoms with van der Waals surface area (Å²) in [6.07, 6.45) is 2.89. The summed E-state index contributed by atoms with van der Waals surface area (Å²) in [5.74, 6) is 0.932. The highest BCUT2D eigenvalue weighted by Crippen LogP contribution is 2.24. The van der Waals surface area contributed by atoms with Gasteiger partial charge in [-0.2, -0.15) is 0 Å². The predicted octanol–water partition coefficient (Wildman–Crippen LogP) is 3.88. The van der Waals surface area contributed by atoms with E-state index < -0.39 is 0 Å². The van der Waals surface area contributed by atoms with Gasteiger partial charge in [0.15, 0.2) is 0 Å². The molecule has 0 fully saturated rings. The Morgan fingerprint density at radius 3 is 2.48 bits per heavy atom. The topological polar surface area (TPSA) is 34.1 Å². The monoisotopic (exact) mass is 284 g/mol. The number of hydrogen-bond acceptors (Lipinski definition) is 3. The molecular weight excluding hydrogens is 260 g/mol. The smallest absolute Gasteiger partial charge is 0.119 e. The number of rotatable bonds is 7. The molecule has 21 heavy (non-hydrogen) atoms. The number of benzene rings is 1. The summed E-state index contributed by atoms with van der Waals surface area (Å²) in [5, 5.41) is 3.54. The molecule has 0 aliphatic rings. The average Bonchev–Trinajstić information content (AvgIpc) is 2.51. The lowest BCUT2D eigenvalue weighted by molar-refractivity contribution is 0.317. The normalized spacial score (nSPS) is 12.1. The van der Waals surface area contributed by atoms with Gasteiger partial charge in [-0.05, 0) is 55.3 Å². The Morgan fingerprint density at radius 1 is 1.10 bits per heavy atom. The number of nitrogens with one attached hydrogen (secondary N) is 1. The lowest BCUT2D eigenvalue weighted by Gasteiger charge is -2.19.